The molecule has 0 aromatic carbocycles. The zero-order valence-electron chi connectivity index (χ0n) is 14.2. The molecular weight excluding hydrogens is 425 g/mol. The SMILES string of the molecule is CCNC(=NCc1sccc1C)NCCCCCC(=O)OC.I. The molecule has 1 rings (SSSR count). The second-order valence-electron chi connectivity index (χ2n) is 5.04. The number of ether oxygens (including phenoxy) is 1. The van der Waals surface area contributed by atoms with E-state index in [9.17, 15) is 4.79 Å². The fraction of sp³-hybridized carbons (Fsp3) is 0.625. The lowest BCUT2D eigenvalue weighted by atomic mass is 10.2. The van der Waals surface area contributed by atoms with Crippen LogP contribution in [0, 0.1) is 6.92 Å². The first kappa shape index (κ1) is 22.2. The second-order valence-corrected chi connectivity index (χ2v) is 6.04. The van der Waals surface area contributed by atoms with Crippen molar-refractivity contribution < 1.29 is 9.53 Å². The highest BCUT2D eigenvalue weighted by atomic mass is 127. The summed E-state index contributed by atoms with van der Waals surface area (Å²) in [6.45, 7) is 6.59. The van der Waals surface area contributed by atoms with Gasteiger partial charge in [-0.2, -0.15) is 0 Å². The van der Waals surface area contributed by atoms with Crippen molar-refractivity contribution >= 4 is 47.2 Å². The number of carbonyl (C=O) groups excluding carboxylic acids is 1. The topological polar surface area (TPSA) is 62.7 Å². The number of thiophene rings is 1. The van der Waals surface area contributed by atoms with Crippen molar-refractivity contribution in [1.82, 2.24) is 10.6 Å². The number of guanidine groups is 1. The summed E-state index contributed by atoms with van der Waals surface area (Å²) in [6.07, 6.45) is 3.39. The number of esters is 1. The summed E-state index contributed by atoms with van der Waals surface area (Å²) in [4.78, 5) is 16.9. The Balaban J connectivity index is 0.00000484. The summed E-state index contributed by atoms with van der Waals surface area (Å²) >= 11 is 1.74. The highest BCUT2D eigenvalue weighted by Gasteiger charge is 2.02. The average Bonchev–Trinajstić information content (AvgIpc) is 2.93. The maximum Gasteiger partial charge on any atom is 0.305 e. The number of hydrogen-bond acceptors (Lipinski definition) is 4. The fourth-order valence-electron chi connectivity index (χ4n) is 1.94. The Morgan fingerprint density at radius 1 is 1.30 bits per heavy atom. The minimum absolute atomic E-state index is 0. The van der Waals surface area contributed by atoms with Gasteiger partial charge >= 0.3 is 5.97 Å². The Hall–Kier alpha value is -0.830. The molecule has 0 amide bonds. The smallest absolute Gasteiger partial charge is 0.305 e. The number of rotatable bonds is 9. The Bertz CT molecular complexity index is 478. The quantitative estimate of drug-likeness (QED) is 0.198. The molecular formula is C16H28IN3O2S. The van der Waals surface area contributed by atoms with E-state index < -0.39 is 0 Å². The third-order valence-corrected chi connectivity index (χ3v) is 4.28. The van der Waals surface area contributed by atoms with E-state index in [0.717, 1.165) is 38.3 Å². The molecule has 1 aromatic rings. The Morgan fingerprint density at radius 2 is 2.09 bits per heavy atom. The molecule has 0 unspecified atom stereocenters. The van der Waals surface area contributed by atoms with Crippen LogP contribution in [0.3, 0.4) is 0 Å². The summed E-state index contributed by atoms with van der Waals surface area (Å²) in [5.41, 5.74) is 1.30. The van der Waals surface area contributed by atoms with Crippen LogP contribution in [0.4, 0.5) is 0 Å². The summed E-state index contributed by atoms with van der Waals surface area (Å²) in [7, 11) is 1.43. The molecule has 0 aliphatic carbocycles. The molecule has 23 heavy (non-hydrogen) atoms. The summed E-state index contributed by atoms with van der Waals surface area (Å²) in [5, 5.41) is 8.68. The van der Waals surface area contributed by atoms with Crippen molar-refractivity contribution in [3.8, 4) is 0 Å². The molecule has 132 valence electrons. The number of hydrogen-bond donors (Lipinski definition) is 2. The molecule has 1 aromatic heterocycles. The normalized spacial score (nSPS) is 10.8. The van der Waals surface area contributed by atoms with Crippen LogP contribution in [0.25, 0.3) is 0 Å². The standard InChI is InChI=1S/C16H27N3O2S.HI/c1-4-17-16(19-12-14-13(2)9-11-22-14)18-10-7-5-6-8-15(20)21-3;/h9,11H,4-8,10,12H2,1-3H3,(H2,17,18,19);1H. The van der Waals surface area contributed by atoms with Crippen molar-refractivity contribution in [2.45, 2.75) is 46.1 Å². The number of halogens is 1. The molecule has 0 saturated heterocycles. The molecule has 0 bridgehead atoms. The summed E-state index contributed by atoms with van der Waals surface area (Å²) in [5.74, 6) is 0.720. The van der Waals surface area contributed by atoms with E-state index in [0.29, 0.717) is 13.0 Å². The number of nitrogens with zero attached hydrogens (tertiary/aromatic N) is 1. The van der Waals surface area contributed by atoms with Crippen LogP contribution in [-0.2, 0) is 16.1 Å². The van der Waals surface area contributed by atoms with E-state index in [1.807, 2.05) is 0 Å². The van der Waals surface area contributed by atoms with E-state index in [2.05, 4.69) is 45.7 Å². The van der Waals surface area contributed by atoms with Gasteiger partial charge in [0.1, 0.15) is 0 Å². The third-order valence-electron chi connectivity index (χ3n) is 3.27. The van der Waals surface area contributed by atoms with E-state index >= 15 is 0 Å². The Labute approximate surface area is 160 Å². The van der Waals surface area contributed by atoms with Gasteiger partial charge in [0.25, 0.3) is 0 Å². The largest absolute Gasteiger partial charge is 0.469 e. The third kappa shape index (κ3) is 9.80. The van der Waals surface area contributed by atoms with Gasteiger partial charge in [0.15, 0.2) is 5.96 Å². The van der Waals surface area contributed by atoms with Crippen LogP contribution >= 0.6 is 35.3 Å². The molecule has 7 heteroatoms. The van der Waals surface area contributed by atoms with Gasteiger partial charge in [0.2, 0.25) is 0 Å². The van der Waals surface area contributed by atoms with Crippen LogP contribution in [0.15, 0.2) is 16.4 Å². The minimum Gasteiger partial charge on any atom is -0.469 e. The lowest BCUT2D eigenvalue weighted by Crippen LogP contribution is -2.37. The first-order valence-corrected chi connectivity index (χ1v) is 8.67. The van der Waals surface area contributed by atoms with Crippen LogP contribution in [0.5, 0.6) is 0 Å². The van der Waals surface area contributed by atoms with E-state index in [1.54, 1.807) is 11.3 Å². The number of aryl methyl sites for hydroxylation is 1. The highest BCUT2D eigenvalue weighted by molar-refractivity contribution is 14.0. The van der Waals surface area contributed by atoms with Gasteiger partial charge in [-0.25, -0.2) is 4.99 Å². The van der Waals surface area contributed by atoms with E-state index in [1.165, 1.54) is 17.6 Å². The lowest BCUT2D eigenvalue weighted by molar-refractivity contribution is -0.140. The molecule has 0 aliphatic rings. The summed E-state index contributed by atoms with van der Waals surface area (Å²) < 4.78 is 4.62. The van der Waals surface area contributed by atoms with Crippen LogP contribution in [0.1, 0.15) is 43.0 Å². The molecule has 0 saturated carbocycles. The molecule has 1 heterocycles. The number of unbranched alkanes of at least 4 members (excludes halogenated alkanes) is 2. The predicted molar refractivity (Wildman–Crippen MR) is 108 cm³/mol. The Morgan fingerprint density at radius 3 is 2.70 bits per heavy atom. The molecule has 0 atom stereocenters. The van der Waals surface area contributed by atoms with Crippen LogP contribution in [-0.4, -0.2) is 32.1 Å². The molecule has 2 N–H and O–H groups in total. The first-order valence-electron chi connectivity index (χ1n) is 7.79. The number of nitrogens with one attached hydrogen (secondary N) is 2. The van der Waals surface area contributed by atoms with Gasteiger partial charge in [-0.3, -0.25) is 4.79 Å². The highest BCUT2D eigenvalue weighted by Crippen LogP contribution is 2.16. The van der Waals surface area contributed by atoms with Gasteiger partial charge in [0, 0.05) is 24.4 Å². The maximum absolute atomic E-state index is 11.0. The first-order chi connectivity index (χ1) is 10.7. The molecule has 5 nitrogen and oxygen atoms in total. The van der Waals surface area contributed by atoms with Gasteiger partial charge in [-0.1, -0.05) is 6.42 Å². The summed E-state index contributed by atoms with van der Waals surface area (Å²) in [6, 6.07) is 2.12. The van der Waals surface area contributed by atoms with Crippen molar-refractivity contribution in [3.63, 3.8) is 0 Å². The van der Waals surface area contributed by atoms with Gasteiger partial charge in [-0.15, -0.1) is 35.3 Å². The monoisotopic (exact) mass is 453 g/mol. The lowest BCUT2D eigenvalue weighted by Gasteiger charge is -2.11. The van der Waals surface area contributed by atoms with Crippen molar-refractivity contribution in [2.24, 2.45) is 4.99 Å². The molecule has 0 spiro atoms. The molecule has 0 radical (unpaired) electrons. The number of aliphatic imine (C=N–C) groups is 1. The second kappa shape index (κ2) is 13.6. The van der Waals surface area contributed by atoms with E-state index in [-0.39, 0.29) is 29.9 Å². The zero-order chi connectivity index (χ0) is 16.2. The van der Waals surface area contributed by atoms with E-state index in [4.69, 9.17) is 0 Å². The van der Waals surface area contributed by atoms with Crippen LogP contribution in [0.2, 0.25) is 0 Å². The van der Waals surface area contributed by atoms with Gasteiger partial charge in [-0.05, 0) is 43.7 Å². The van der Waals surface area contributed by atoms with Crippen molar-refractivity contribution in [3.05, 3.63) is 21.9 Å². The predicted octanol–water partition coefficient (Wildman–Crippen LogP) is 3.46. The van der Waals surface area contributed by atoms with Crippen LogP contribution < -0.4 is 10.6 Å². The van der Waals surface area contributed by atoms with Gasteiger partial charge < -0.3 is 15.4 Å². The number of methoxy groups -OCH3 is 1. The van der Waals surface area contributed by atoms with Gasteiger partial charge in [0.05, 0.1) is 13.7 Å². The minimum atomic E-state index is -0.130. The van der Waals surface area contributed by atoms with Crippen molar-refractivity contribution in [2.75, 3.05) is 20.2 Å². The zero-order valence-corrected chi connectivity index (χ0v) is 17.3. The maximum atomic E-state index is 11.0. The average molecular weight is 453 g/mol. The molecule has 0 aliphatic heterocycles. The fourth-order valence-corrected chi connectivity index (χ4v) is 2.77. The Kier molecular flexibility index (Phi) is 13.1. The number of carbonyl (C=O) groups is 1. The van der Waals surface area contributed by atoms with Crippen molar-refractivity contribution in [1.29, 1.82) is 0 Å². The molecule has 0 fully saturated rings.